The van der Waals surface area contributed by atoms with Crippen LogP contribution in [0.2, 0.25) is 0 Å². The van der Waals surface area contributed by atoms with E-state index in [1.807, 2.05) is 11.9 Å². The first-order valence-electron chi connectivity index (χ1n) is 12.8. The molecule has 2 aliphatic heterocycles. The third-order valence-electron chi connectivity index (χ3n) is 6.93. The number of alkyl halides is 1. The van der Waals surface area contributed by atoms with Gasteiger partial charge in [0, 0.05) is 6.20 Å². The van der Waals surface area contributed by atoms with E-state index in [1.54, 1.807) is 12.1 Å². The average Bonchev–Trinajstić information content (AvgIpc) is 3.44. The van der Waals surface area contributed by atoms with Crippen molar-refractivity contribution in [2.45, 2.75) is 62.9 Å². The van der Waals surface area contributed by atoms with Gasteiger partial charge >= 0.3 is 19.8 Å². The van der Waals surface area contributed by atoms with Crippen molar-refractivity contribution in [1.82, 2.24) is 14.5 Å². The van der Waals surface area contributed by atoms with Crippen molar-refractivity contribution in [3.8, 4) is 11.5 Å². The van der Waals surface area contributed by atoms with Gasteiger partial charge in [0.1, 0.15) is 24.6 Å². The maximum absolute atomic E-state index is 15.7. The number of carboxylic acids is 1. The fourth-order valence-corrected chi connectivity index (χ4v) is 5.33. The molecule has 2 fully saturated rings. The number of aliphatic hydroxyl groups excluding tert-OH is 1. The average molecular weight is 596 g/mol. The molecule has 3 heterocycles. The molecular formula is C25H31FN5O9P. The highest BCUT2D eigenvalue weighted by Gasteiger charge is 2.55. The highest BCUT2D eigenvalue weighted by molar-refractivity contribution is 7.34. The zero-order chi connectivity index (χ0) is 29.9. The summed E-state index contributed by atoms with van der Waals surface area (Å²) in [6.07, 6.45) is -1.72. The minimum Gasteiger partial charge on any atom is -0.575 e. The van der Waals surface area contributed by atoms with Crippen LogP contribution >= 0.6 is 8.17 Å². The van der Waals surface area contributed by atoms with Crippen LogP contribution < -0.4 is 25.2 Å². The number of hydrogen-bond acceptors (Lipinski definition) is 11. The number of benzene rings is 1. The van der Waals surface area contributed by atoms with Crippen LogP contribution in [0.4, 0.5) is 10.2 Å². The molecule has 2 saturated heterocycles. The highest BCUT2D eigenvalue weighted by atomic mass is 31.1. The fourth-order valence-electron chi connectivity index (χ4n) is 4.58. The number of likely N-dealkylation sites (tertiary alicyclic amines) is 1. The van der Waals surface area contributed by atoms with E-state index in [4.69, 9.17) is 19.1 Å². The number of hydrogen-bond donors (Lipinski definition) is 3. The van der Waals surface area contributed by atoms with Gasteiger partial charge in [0.25, 0.3) is 0 Å². The molecule has 222 valence electrons. The van der Waals surface area contributed by atoms with E-state index < -0.39 is 50.0 Å². The number of anilines is 1. The monoisotopic (exact) mass is 595 g/mol. The molecule has 0 spiro atoms. The van der Waals surface area contributed by atoms with Gasteiger partial charge in [0.05, 0.1) is 6.04 Å². The smallest absolute Gasteiger partial charge is 0.395 e. The SMILES string of the molecule is C[C@@H](N=[P+]([O-])Oc1ccccc1OC[C@H]1O[C@@H](n2ccc(NC(=O)[C@@H]3CCCN3C)nc2=O)[C@](C)(F)[C@@H]1O)C(=O)O. The molecule has 0 saturated carbocycles. The molecule has 7 atom stereocenters. The standard InChI is InChI=1S/C25H31FN5O9P/c1-14(22(34)35)29-41(37)40-17-9-5-4-8-16(17)38-13-18-20(32)25(2,26)23(39-18)31-12-10-19(28-24(31)36)27-21(33)15-7-6-11-30(15)3/h4-5,8-10,12,14-15,18,20,23,32H,6-7,11,13H2,1-3H3,(H,34,35)(H,27,28,33,36)/t14-,15+,18-,20-,23-,25-/m1/s1. The van der Waals surface area contributed by atoms with Crippen LogP contribution in [-0.4, -0.2) is 86.7 Å². The Hall–Kier alpha value is -3.49. The molecule has 1 unspecified atom stereocenters. The quantitative estimate of drug-likeness (QED) is 0.333. The topological polar surface area (TPSA) is 188 Å². The molecule has 2 aromatic rings. The van der Waals surface area contributed by atoms with Gasteiger partial charge < -0.3 is 29.9 Å². The van der Waals surface area contributed by atoms with Gasteiger partial charge in [0.2, 0.25) is 11.7 Å². The van der Waals surface area contributed by atoms with Crippen LogP contribution in [0.15, 0.2) is 46.1 Å². The van der Waals surface area contributed by atoms with Gasteiger partial charge in [-0.3, -0.25) is 18.8 Å². The van der Waals surface area contributed by atoms with Crippen LogP contribution in [0.3, 0.4) is 0 Å². The van der Waals surface area contributed by atoms with E-state index >= 15 is 4.39 Å². The second-order valence-electron chi connectivity index (χ2n) is 9.97. The van der Waals surface area contributed by atoms with Gasteiger partial charge in [0.15, 0.2) is 23.7 Å². The minimum atomic E-state index is -2.75. The number of aliphatic hydroxyl groups is 1. The predicted octanol–water partition coefficient (Wildman–Crippen LogP) is 1.05. The third kappa shape index (κ3) is 6.88. The third-order valence-corrected chi connectivity index (χ3v) is 7.82. The van der Waals surface area contributed by atoms with E-state index in [1.165, 1.54) is 31.3 Å². The maximum atomic E-state index is 15.7. The number of aliphatic carboxylic acids is 1. The van der Waals surface area contributed by atoms with Crippen LogP contribution in [0.5, 0.6) is 11.5 Å². The molecule has 1 amide bonds. The Balaban J connectivity index is 1.44. The summed E-state index contributed by atoms with van der Waals surface area (Å²) in [5.41, 5.74) is -3.32. The van der Waals surface area contributed by atoms with Crippen molar-refractivity contribution in [2.75, 3.05) is 25.5 Å². The van der Waals surface area contributed by atoms with Gasteiger partial charge in [-0.1, -0.05) is 16.9 Å². The molecule has 16 heteroatoms. The Morgan fingerprint density at radius 3 is 2.71 bits per heavy atom. The summed E-state index contributed by atoms with van der Waals surface area (Å²) >= 11 is 0. The molecule has 2 aliphatic rings. The lowest BCUT2D eigenvalue weighted by Gasteiger charge is -2.25. The fraction of sp³-hybridized carbons (Fsp3) is 0.520. The molecular weight excluding hydrogens is 564 g/mol. The summed E-state index contributed by atoms with van der Waals surface area (Å²) in [7, 11) is -0.912. The van der Waals surface area contributed by atoms with Crippen LogP contribution in [0.1, 0.15) is 32.9 Å². The van der Waals surface area contributed by atoms with Crippen LogP contribution in [0, 0.1) is 0 Å². The maximum Gasteiger partial charge on any atom is 0.395 e. The largest absolute Gasteiger partial charge is 0.575 e. The van der Waals surface area contributed by atoms with Crippen molar-refractivity contribution >= 4 is 25.9 Å². The molecule has 4 rings (SSSR count). The summed E-state index contributed by atoms with van der Waals surface area (Å²) in [6.45, 7) is 2.72. The summed E-state index contributed by atoms with van der Waals surface area (Å²) < 4.78 is 36.7. The molecule has 41 heavy (non-hydrogen) atoms. The van der Waals surface area contributed by atoms with E-state index in [0.29, 0.717) is 6.42 Å². The molecule has 1 aromatic heterocycles. The molecule has 0 aliphatic carbocycles. The summed E-state index contributed by atoms with van der Waals surface area (Å²) in [5.74, 6) is -1.53. The second kappa shape index (κ2) is 12.6. The summed E-state index contributed by atoms with van der Waals surface area (Å²) in [6, 6.07) is 5.75. The Morgan fingerprint density at radius 1 is 1.37 bits per heavy atom. The molecule has 3 N–H and O–H groups in total. The van der Waals surface area contributed by atoms with Crippen molar-refractivity contribution in [3.63, 3.8) is 0 Å². The number of amides is 1. The van der Waals surface area contributed by atoms with Crippen molar-refractivity contribution in [2.24, 2.45) is 4.74 Å². The van der Waals surface area contributed by atoms with E-state index in [2.05, 4.69) is 15.0 Å². The number of carbonyl (C=O) groups excluding carboxylic acids is 1. The lowest BCUT2D eigenvalue weighted by atomic mass is 9.98. The van der Waals surface area contributed by atoms with Crippen LogP contribution in [-0.2, 0) is 14.3 Å². The molecule has 0 radical (unpaired) electrons. The Bertz CT molecular complexity index is 1370. The molecule has 1 aromatic carbocycles. The highest BCUT2D eigenvalue weighted by Crippen LogP contribution is 2.41. The van der Waals surface area contributed by atoms with E-state index in [-0.39, 0.29) is 35.9 Å². The number of aromatic nitrogens is 2. The number of halogens is 1. The van der Waals surface area contributed by atoms with Crippen LogP contribution in [0.25, 0.3) is 0 Å². The lowest BCUT2D eigenvalue weighted by Crippen LogP contribution is -2.43. The number of nitrogens with zero attached hydrogens (tertiary/aromatic N) is 4. The number of rotatable bonds is 10. The zero-order valence-corrected chi connectivity index (χ0v) is 23.4. The van der Waals surface area contributed by atoms with E-state index in [0.717, 1.165) is 24.5 Å². The zero-order valence-electron chi connectivity index (χ0n) is 22.5. The second-order valence-corrected chi connectivity index (χ2v) is 10.9. The Labute approximate surface area is 235 Å². The number of ether oxygens (including phenoxy) is 2. The first kappa shape index (κ1) is 30.5. The Kier molecular flexibility index (Phi) is 9.34. The van der Waals surface area contributed by atoms with Crippen molar-refractivity contribution < 1.29 is 43.1 Å². The Morgan fingerprint density at radius 2 is 2.07 bits per heavy atom. The predicted molar refractivity (Wildman–Crippen MR) is 141 cm³/mol. The summed E-state index contributed by atoms with van der Waals surface area (Å²) in [4.78, 5) is 54.1. The lowest BCUT2D eigenvalue weighted by molar-refractivity contribution is -0.169. The number of para-hydroxylation sites is 2. The number of carbonyl (C=O) groups is 2. The van der Waals surface area contributed by atoms with Crippen molar-refractivity contribution in [1.29, 1.82) is 0 Å². The van der Waals surface area contributed by atoms with E-state index in [9.17, 15) is 24.4 Å². The number of likely N-dealkylation sites (N-methyl/N-ethyl adjacent to an activating group) is 1. The van der Waals surface area contributed by atoms with Crippen molar-refractivity contribution in [3.05, 3.63) is 47.0 Å². The number of nitrogens with one attached hydrogen (secondary N) is 1. The van der Waals surface area contributed by atoms with Gasteiger partial charge in [-0.15, -0.1) is 0 Å². The normalized spacial score (nSPS) is 27.4. The summed E-state index contributed by atoms with van der Waals surface area (Å²) in [5, 5.41) is 22.2. The van der Waals surface area contributed by atoms with Gasteiger partial charge in [-0.25, -0.2) is 14.0 Å². The molecule has 14 nitrogen and oxygen atoms in total. The van der Waals surface area contributed by atoms with Gasteiger partial charge in [-0.05, 0) is 58.5 Å². The van der Waals surface area contributed by atoms with Gasteiger partial charge in [-0.2, -0.15) is 4.98 Å². The number of carboxylic acid groups (broad SMARTS) is 1. The first-order chi connectivity index (χ1) is 19.4. The first-order valence-corrected chi connectivity index (χ1v) is 13.9. The minimum absolute atomic E-state index is 0.00923. The molecule has 0 bridgehead atoms.